The third-order valence-corrected chi connectivity index (χ3v) is 8.21. The second-order valence-electron chi connectivity index (χ2n) is 9.18. The van der Waals surface area contributed by atoms with E-state index in [0.717, 1.165) is 25.7 Å². The standard InChI is InChI=1S/C24H49O4PS/c1-2-3-4-5-6-7-8-9-10-11-12-13-14-15-16-17-21-30-24-20-18-19-23(22-24)28-29(25,26)27/h23-24H,2-22H2,1H3,(H2,25,26,27). The molecule has 0 saturated heterocycles. The number of hydrogen-bond donors (Lipinski definition) is 2. The Labute approximate surface area is 191 Å². The summed E-state index contributed by atoms with van der Waals surface area (Å²) in [5.74, 6) is 1.17. The lowest BCUT2D eigenvalue weighted by Gasteiger charge is -2.28. The van der Waals surface area contributed by atoms with E-state index in [-0.39, 0.29) is 6.10 Å². The molecule has 2 atom stereocenters. The smallest absolute Gasteiger partial charge is 0.303 e. The van der Waals surface area contributed by atoms with E-state index in [9.17, 15) is 4.57 Å². The van der Waals surface area contributed by atoms with E-state index in [4.69, 9.17) is 14.3 Å². The summed E-state index contributed by atoms with van der Waals surface area (Å²) >= 11 is 1.98. The first-order valence-electron chi connectivity index (χ1n) is 12.9. The van der Waals surface area contributed by atoms with Gasteiger partial charge in [0, 0.05) is 5.25 Å². The Hall–Kier alpha value is 0.460. The van der Waals surface area contributed by atoms with Gasteiger partial charge in [-0.2, -0.15) is 11.8 Å². The van der Waals surface area contributed by atoms with Gasteiger partial charge in [0.15, 0.2) is 0 Å². The van der Waals surface area contributed by atoms with Gasteiger partial charge < -0.3 is 9.79 Å². The third kappa shape index (κ3) is 18.1. The van der Waals surface area contributed by atoms with Crippen LogP contribution in [-0.2, 0) is 9.09 Å². The summed E-state index contributed by atoms with van der Waals surface area (Å²) in [4.78, 5) is 17.9. The fourth-order valence-corrected chi connectivity index (χ4v) is 6.41. The molecule has 1 aliphatic carbocycles. The molecule has 1 fully saturated rings. The first-order valence-corrected chi connectivity index (χ1v) is 15.4. The van der Waals surface area contributed by atoms with Crippen LogP contribution in [0.4, 0.5) is 0 Å². The second-order valence-corrected chi connectivity index (χ2v) is 11.8. The molecule has 180 valence electrons. The highest BCUT2D eigenvalue weighted by Crippen LogP contribution is 2.42. The van der Waals surface area contributed by atoms with Crippen LogP contribution in [0.5, 0.6) is 0 Å². The van der Waals surface area contributed by atoms with Crippen molar-refractivity contribution in [2.24, 2.45) is 0 Å². The molecule has 2 unspecified atom stereocenters. The molecule has 30 heavy (non-hydrogen) atoms. The molecule has 0 aliphatic heterocycles. The van der Waals surface area contributed by atoms with E-state index in [1.807, 2.05) is 11.8 Å². The molecular weight excluding hydrogens is 415 g/mol. The highest BCUT2D eigenvalue weighted by Gasteiger charge is 2.28. The van der Waals surface area contributed by atoms with Crippen LogP contribution in [-0.4, -0.2) is 26.9 Å². The largest absolute Gasteiger partial charge is 0.469 e. The average molecular weight is 465 g/mol. The molecule has 1 saturated carbocycles. The number of hydrogen-bond acceptors (Lipinski definition) is 3. The molecule has 0 radical (unpaired) electrons. The maximum absolute atomic E-state index is 11.0. The highest BCUT2D eigenvalue weighted by atomic mass is 32.2. The number of phosphoric acid groups is 1. The van der Waals surface area contributed by atoms with Crippen molar-refractivity contribution in [1.29, 1.82) is 0 Å². The molecule has 0 amide bonds. The molecule has 0 spiro atoms. The summed E-state index contributed by atoms with van der Waals surface area (Å²) in [7, 11) is -4.34. The highest BCUT2D eigenvalue weighted by molar-refractivity contribution is 7.99. The first kappa shape index (κ1) is 28.5. The van der Waals surface area contributed by atoms with Crippen molar-refractivity contribution in [3.8, 4) is 0 Å². The van der Waals surface area contributed by atoms with Crippen molar-refractivity contribution in [3.05, 3.63) is 0 Å². The molecule has 0 aromatic rings. The SMILES string of the molecule is CCCCCCCCCCCCCCCCCCSC1CCCC(OP(=O)(O)O)C1. The monoisotopic (exact) mass is 464 g/mol. The molecule has 0 aromatic carbocycles. The molecule has 0 bridgehead atoms. The zero-order valence-electron chi connectivity index (χ0n) is 19.6. The van der Waals surface area contributed by atoms with E-state index in [2.05, 4.69) is 6.92 Å². The van der Waals surface area contributed by atoms with Gasteiger partial charge in [0.2, 0.25) is 0 Å². The van der Waals surface area contributed by atoms with Crippen molar-refractivity contribution in [1.82, 2.24) is 0 Å². The first-order chi connectivity index (χ1) is 14.5. The summed E-state index contributed by atoms with van der Waals surface area (Å²) in [5, 5.41) is 0.506. The van der Waals surface area contributed by atoms with Crippen molar-refractivity contribution < 1.29 is 18.9 Å². The maximum atomic E-state index is 11.0. The summed E-state index contributed by atoms with van der Waals surface area (Å²) in [6, 6.07) is 0. The van der Waals surface area contributed by atoms with Crippen LogP contribution < -0.4 is 0 Å². The minimum Gasteiger partial charge on any atom is -0.303 e. The Bertz CT molecular complexity index is 429. The molecule has 0 heterocycles. The van der Waals surface area contributed by atoms with E-state index < -0.39 is 7.82 Å². The van der Waals surface area contributed by atoms with Crippen molar-refractivity contribution in [2.45, 2.75) is 147 Å². The lowest BCUT2D eigenvalue weighted by Crippen LogP contribution is -2.23. The van der Waals surface area contributed by atoms with Gasteiger partial charge >= 0.3 is 7.82 Å². The normalized spacial score (nSPS) is 20.0. The molecule has 1 aliphatic rings. The molecule has 1 rings (SSSR count). The van der Waals surface area contributed by atoms with Crippen LogP contribution in [0.2, 0.25) is 0 Å². The van der Waals surface area contributed by atoms with Crippen LogP contribution in [0.1, 0.15) is 135 Å². The lowest BCUT2D eigenvalue weighted by molar-refractivity contribution is 0.106. The van der Waals surface area contributed by atoms with Crippen LogP contribution >= 0.6 is 19.6 Å². The van der Waals surface area contributed by atoms with E-state index in [1.165, 1.54) is 108 Å². The summed E-state index contributed by atoms with van der Waals surface area (Å²) < 4.78 is 15.9. The fraction of sp³-hybridized carbons (Fsp3) is 1.00. The van der Waals surface area contributed by atoms with Crippen molar-refractivity contribution in [3.63, 3.8) is 0 Å². The Balaban J connectivity index is 1.80. The van der Waals surface area contributed by atoms with E-state index >= 15 is 0 Å². The van der Waals surface area contributed by atoms with Crippen LogP contribution in [0.25, 0.3) is 0 Å². The van der Waals surface area contributed by atoms with Crippen LogP contribution in [0.15, 0.2) is 0 Å². The second kappa shape index (κ2) is 19.0. The Morgan fingerprint density at radius 2 is 1.23 bits per heavy atom. The van der Waals surface area contributed by atoms with Gasteiger partial charge in [-0.25, -0.2) is 4.57 Å². The molecule has 2 N–H and O–H groups in total. The van der Waals surface area contributed by atoms with E-state index in [0.29, 0.717) is 5.25 Å². The molecule has 4 nitrogen and oxygen atoms in total. The van der Waals surface area contributed by atoms with Crippen molar-refractivity contribution in [2.75, 3.05) is 5.75 Å². The number of rotatable bonds is 20. The minimum atomic E-state index is -4.34. The maximum Gasteiger partial charge on any atom is 0.469 e. The minimum absolute atomic E-state index is 0.261. The predicted molar refractivity (Wildman–Crippen MR) is 131 cm³/mol. The molecular formula is C24H49O4PS. The van der Waals surface area contributed by atoms with Gasteiger partial charge in [-0.1, -0.05) is 103 Å². The zero-order chi connectivity index (χ0) is 21.9. The molecule has 0 aromatic heterocycles. The summed E-state index contributed by atoms with van der Waals surface area (Å²) in [6.45, 7) is 2.28. The number of unbranched alkanes of at least 4 members (excludes halogenated alkanes) is 15. The summed E-state index contributed by atoms with van der Waals surface area (Å²) in [6.07, 6.45) is 25.9. The number of thioether (sulfide) groups is 1. The third-order valence-electron chi connectivity index (χ3n) is 6.22. The fourth-order valence-electron chi connectivity index (χ4n) is 4.44. The van der Waals surface area contributed by atoms with Gasteiger partial charge in [-0.3, -0.25) is 4.52 Å². The van der Waals surface area contributed by atoms with E-state index in [1.54, 1.807) is 0 Å². The Morgan fingerprint density at radius 3 is 1.70 bits per heavy atom. The Kier molecular flexibility index (Phi) is 18.0. The van der Waals surface area contributed by atoms with Gasteiger partial charge in [-0.05, 0) is 37.9 Å². The predicted octanol–water partition coefficient (Wildman–Crippen LogP) is 8.40. The van der Waals surface area contributed by atoms with Gasteiger partial charge in [0.05, 0.1) is 6.10 Å². The van der Waals surface area contributed by atoms with Gasteiger partial charge in [-0.15, -0.1) is 0 Å². The van der Waals surface area contributed by atoms with Crippen LogP contribution in [0, 0.1) is 0 Å². The van der Waals surface area contributed by atoms with Crippen LogP contribution in [0.3, 0.4) is 0 Å². The average Bonchev–Trinajstić information content (AvgIpc) is 2.69. The Morgan fingerprint density at radius 1 is 0.767 bits per heavy atom. The van der Waals surface area contributed by atoms with Gasteiger partial charge in [0.25, 0.3) is 0 Å². The summed E-state index contributed by atoms with van der Waals surface area (Å²) in [5.41, 5.74) is 0. The topological polar surface area (TPSA) is 66.8 Å². The van der Waals surface area contributed by atoms with Gasteiger partial charge in [0.1, 0.15) is 0 Å². The lowest BCUT2D eigenvalue weighted by atomic mass is 9.97. The quantitative estimate of drug-likeness (QED) is 0.140. The number of phosphoric ester groups is 1. The molecule has 6 heteroatoms. The zero-order valence-corrected chi connectivity index (χ0v) is 21.3. The van der Waals surface area contributed by atoms with Crippen molar-refractivity contribution >= 4 is 19.6 Å².